The highest BCUT2D eigenvalue weighted by atomic mass is 16.5. The Hall–Kier alpha value is -1.24. The van der Waals surface area contributed by atoms with Crippen molar-refractivity contribution >= 4 is 0 Å². The lowest BCUT2D eigenvalue weighted by molar-refractivity contribution is 0.131. The lowest BCUT2D eigenvalue weighted by Crippen LogP contribution is -2.22. The van der Waals surface area contributed by atoms with Crippen molar-refractivity contribution in [2.75, 3.05) is 0 Å². The van der Waals surface area contributed by atoms with Gasteiger partial charge in [-0.1, -0.05) is 57.4 Å². The van der Waals surface area contributed by atoms with Gasteiger partial charge in [-0.25, -0.2) is 0 Å². The first kappa shape index (κ1) is 17.8. The number of rotatable bonds is 8. The topological polar surface area (TPSA) is 9.23 Å². The molecule has 0 saturated carbocycles. The summed E-state index contributed by atoms with van der Waals surface area (Å²) < 4.78 is 5.87. The third-order valence-corrected chi connectivity index (χ3v) is 3.77. The van der Waals surface area contributed by atoms with E-state index < -0.39 is 0 Å². The van der Waals surface area contributed by atoms with Gasteiger partial charge in [0.1, 0.15) is 11.4 Å². The van der Waals surface area contributed by atoms with E-state index in [2.05, 4.69) is 65.5 Å². The molecular weight excluding hydrogens is 256 g/mol. The van der Waals surface area contributed by atoms with Gasteiger partial charge in [0, 0.05) is 5.92 Å². The van der Waals surface area contributed by atoms with Crippen LogP contribution in [-0.4, -0.2) is 5.60 Å². The van der Waals surface area contributed by atoms with Crippen molar-refractivity contribution in [3.63, 3.8) is 0 Å². The molecule has 0 bridgehead atoms. The van der Waals surface area contributed by atoms with E-state index in [1.165, 1.54) is 36.8 Å². The molecule has 0 aliphatic carbocycles. The van der Waals surface area contributed by atoms with Crippen LogP contribution < -0.4 is 4.74 Å². The second-order valence-corrected chi connectivity index (χ2v) is 6.97. The molecule has 118 valence electrons. The lowest BCUT2D eigenvalue weighted by Gasteiger charge is -2.22. The van der Waals surface area contributed by atoms with Gasteiger partial charge >= 0.3 is 0 Å². The van der Waals surface area contributed by atoms with Gasteiger partial charge in [-0.05, 0) is 51.3 Å². The van der Waals surface area contributed by atoms with Crippen LogP contribution in [0.4, 0.5) is 0 Å². The maximum Gasteiger partial charge on any atom is 0.120 e. The predicted octanol–water partition coefficient (Wildman–Crippen LogP) is 6.49. The Morgan fingerprint density at radius 3 is 2.24 bits per heavy atom. The molecule has 1 rings (SSSR count). The third kappa shape index (κ3) is 6.84. The highest BCUT2D eigenvalue weighted by Gasteiger charge is 2.13. The molecule has 21 heavy (non-hydrogen) atoms. The summed E-state index contributed by atoms with van der Waals surface area (Å²) >= 11 is 0. The highest BCUT2D eigenvalue weighted by molar-refractivity contribution is 5.33. The minimum absolute atomic E-state index is 0.143. The summed E-state index contributed by atoms with van der Waals surface area (Å²) in [5, 5.41) is 0. The molecule has 1 nitrogen and oxygen atoms in total. The molecule has 1 unspecified atom stereocenters. The summed E-state index contributed by atoms with van der Waals surface area (Å²) in [6.45, 7) is 15.0. The first-order valence-corrected chi connectivity index (χ1v) is 8.30. The number of ether oxygens (including phenoxy) is 1. The Bertz CT molecular complexity index is 422. The van der Waals surface area contributed by atoms with Gasteiger partial charge in [-0.2, -0.15) is 0 Å². The second-order valence-electron chi connectivity index (χ2n) is 6.97. The van der Waals surface area contributed by atoms with Gasteiger partial charge in [0.15, 0.2) is 0 Å². The molecular formula is C20H32O. The summed E-state index contributed by atoms with van der Waals surface area (Å²) in [4.78, 5) is 0. The van der Waals surface area contributed by atoms with Gasteiger partial charge in [-0.3, -0.25) is 0 Å². The maximum atomic E-state index is 5.87. The SMILES string of the molecule is C=C(CCCCCC)C(C)c1ccc(OC(C)(C)C)cc1. The Balaban J connectivity index is 2.54. The normalized spacial score (nSPS) is 13.0. The second kappa shape index (κ2) is 8.26. The lowest BCUT2D eigenvalue weighted by atomic mass is 9.90. The Morgan fingerprint density at radius 1 is 1.10 bits per heavy atom. The van der Waals surface area contributed by atoms with Crippen LogP contribution in [0.1, 0.15) is 78.2 Å². The zero-order valence-electron chi connectivity index (χ0n) is 14.5. The van der Waals surface area contributed by atoms with Crippen LogP contribution in [0.2, 0.25) is 0 Å². The average molecular weight is 288 g/mol. The zero-order valence-corrected chi connectivity index (χ0v) is 14.5. The zero-order chi connectivity index (χ0) is 15.9. The molecule has 1 heteroatoms. The fourth-order valence-corrected chi connectivity index (χ4v) is 2.41. The van der Waals surface area contributed by atoms with Gasteiger partial charge in [0.25, 0.3) is 0 Å². The van der Waals surface area contributed by atoms with Crippen LogP contribution in [0.5, 0.6) is 5.75 Å². The summed E-state index contributed by atoms with van der Waals surface area (Å²) in [6, 6.07) is 8.48. The predicted molar refractivity (Wildman–Crippen MR) is 93.1 cm³/mol. The number of hydrogen-bond acceptors (Lipinski definition) is 1. The van der Waals surface area contributed by atoms with Crippen molar-refractivity contribution in [2.24, 2.45) is 0 Å². The quantitative estimate of drug-likeness (QED) is 0.392. The van der Waals surface area contributed by atoms with E-state index in [1.807, 2.05) is 0 Å². The molecule has 0 aromatic heterocycles. The molecule has 0 fully saturated rings. The van der Waals surface area contributed by atoms with E-state index >= 15 is 0 Å². The summed E-state index contributed by atoms with van der Waals surface area (Å²) in [5.41, 5.74) is 2.53. The monoisotopic (exact) mass is 288 g/mol. The number of unbranched alkanes of at least 4 members (excludes halogenated alkanes) is 3. The Labute approximate surface area is 131 Å². The molecule has 0 amide bonds. The van der Waals surface area contributed by atoms with Crippen molar-refractivity contribution in [3.05, 3.63) is 42.0 Å². The molecule has 0 saturated heterocycles. The van der Waals surface area contributed by atoms with Gasteiger partial charge in [-0.15, -0.1) is 0 Å². The van der Waals surface area contributed by atoms with Crippen molar-refractivity contribution < 1.29 is 4.74 Å². The molecule has 0 N–H and O–H groups in total. The van der Waals surface area contributed by atoms with Crippen LogP contribution in [0.25, 0.3) is 0 Å². The van der Waals surface area contributed by atoms with E-state index in [9.17, 15) is 0 Å². The minimum atomic E-state index is -0.143. The van der Waals surface area contributed by atoms with Crippen LogP contribution in [0, 0.1) is 0 Å². The summed E-state index contributed by atoms with van der Waals surface area (Å²) in [7, 11) is 0. The Kier molecular flexibility index (Phi) is 7.01. The molecule has 0 aliphatic heterocycles. The average Bonchev–Trinajstić information content (AvgIpc) is 2.41. The van der Waals surface area contributed by atoms with Gasteiger partial charge in [0.05, 0.1) is 0 Å². The van der Waals surface area contributed by atoms with Crippen molar-refractivity contribution in [1.29, 1.82) is 0 Å². The third-order valence-electron chi connectivity index (χ3n) is 3.77. The van der Waals surface area contributed by atoms with Crippen LogP contribution in [0.15, 0.2) is 36.4 Å². The van der Waals surface area contributed by atoms with Gasteiger partial charge in [0.2, 0.25) is 0 Å². The molecule has 0 aliphatic rings. The minimum Gasteiger partial charge on any atom is -0.488 e. The smallest absolute Gasteiger partial charge is 0.120 e. The number of allylic oxidation sites excluding steroid dienone is 1. The van der Waals surface area contributed by atoms with E-state index in [4.69, 9.17) is 4.74 Å². The van der Waals surface area contributed by atoms with E-state index in [0.29, 0.717) is 5.92 Å². The van der Waals surface area contributed by atoms with Crippen LogP contribution in [-0.2, 0) is 0 Å². The van der Waals surface area contributed by atoms with Crippen molar-refractivity contribution in [1.82, 2.24) is 0 Å². The van der Waals surface area contributed by atoms with E-state index in [0.717, 1.165) is 12.2 Å². The molecule has 0 spiro atoms. The Morgan fingerprint density at radius 2 is 1.71 bits per heavy atom. The van der Waals surface area contributed by atoms with Crippen molar-refractivity contribution in [2.45, 2.75) is 78.2 Å². The van der Waals surface area contributed by atoms with Gasteiger partial charge < -0.3 is 4.74 Å². The fraction of sp³-hybridized carbons (Fsp3) is 0.600. The maximum absolute atomic E-state index is 5.87. The first-order chi connectivity index (χ1) is 9.83. The molecule has 1 atom stereocenters. The summed E-state index contributed by atoms with van der Waals surface area (Å²) in [6.07, 6.45) is 6.35. The number of benzene rings is 1. The fourth-order valence-electron chi connectivity index (χ4n) is 2.41. The van der Waals surface area contributed by atoms with E-state index in [-0.39, 0.29) is 5.60 Å². The van der Waals surface area contributed by atoms with Crippen LogP contribution in [0.3, 0.4) is 0 Å². The molecule has 0 radical (unpaired) electrons. The van der Waals surface area contributed by atoms with Crippen LogP contribution >= 0.6 is 0 Å². The summed E-state index contributed by atoms with van der Waals surface area (Å²) in [5.74, 6) is 1.36. The van der Waals surface area contributed by atoms with E-state index in [1.54, 1.807) is 0 Å². The largest absolute Gasteiger partial charge is 0.488 e. The number of hydrogen-bond donors (Lipinski definition) is 0. The molecule has 1 aromatic rings. The standard InChI is InChI=1S/C20H32O/c1-7-8-9-10-11-16(2)17(3)18-12-14-19(15-13-18)21-20(4,5)6/h12-15,17H,2,7-11H2,1,3-6H3. The molecule has 0 heterocycles. The first-order valence-electron chi connectivity index (χ1n) is 8.30. The van der Waals surface area contributed by atoms with Crippen molar-refractivity contribution in [3.8, 4) is 5.75 Å². The highest BCUT2D eigenvalue weighted by Crippen LogP contribution is 2.28. The molecule has 1 aromatic carbocycles.